The zero-order chi connectivity index (χ0) is 12.0. The highest BCUT2D eigenvalue weighted by atomic mass is 32.2. The van der Waals surface area contributed by atoms with Crippen molar-refractivity contribution >= 4 is 17.4 Å². The first-order valence-electron chi connectivity index (χ1n) is 4.35. The molecule has 1 aromatic carbocycles. The molecular formula is C10H7N3O2S. The quantitative estimate of drug-likeness (QED) is 0.452. The average molecular weight is 233 g/mol. The molecule has 0 heterocycles. The molecule has 0 saturated heterocycles. The van der Waals surface area contributed by atoms with Crippen molar-refractivity contribution in [1.29, 1.82) is 10.5 Å². The highest BCUT2D eigenvalue weighted by Gasteiger charge is 2.17. The van der Waals surface area contributed by atoms with E-state index < -0.39 is 10.2 Å². The normalized spacial score (nSPS) is 11.1. The summed E-state index contributed by atoms with van der Waals surface area (Å²) in [7, 11) is 0. The average Bonchev–Trinajstić information content (AvgIpc) is 2.29. The standard InChI is InChI=1S/C10H7N3O2S/c11-6-9(16-7-12)5-8-3-1-2-4-10(8)13(14)15/h1-4,9H,5H2. The second-order valence-electron chi connectivity index (χ2n) is 2.92. The number of hydrogen-bond donors (Lipinski definition) is 0. The second-order valence-corrected chi connectivity index (χ2v) is 3.90. The van der Waals surface area contributed by atoms with E-state index in [2.05, 4.69) is 0 Å². The highest BCUT2D eigenvalue weighted by Crippen LogP contribution is 2.22. The van der Waals surface area contributed by atoms with Crippen LogP contribution in [0, 0.1) is 32.1 Å². The van der Waals surface area contributed by atoms with Crippen LogP contribution in [0.1, 0.15) is 5.56 Å². The maximum absolute atomic E-state index is 10.7. The number of benzene rings is 1. The summed E-state index contributed by atoms with van der Waals surface area (Å²) in [5, 5.41) is 29.1. The van der Waals surface area contributed by atoms with Crippen molar-refractivity contribution in [3.63, 3.8) is 0 Å². The van der Waals surface area contributed by atoms with Gasteiger partial charge in [-0.3, -0.25) is 10.1 Å². The molecule has 1 rings (SSSR count). The molecule has 1 unspecified atom stereocenters. The van der Waals surface area contributed by atoms with E-state index in [0.717, 1.165) is 11.8 Å². The minimum Gasteiger partial charge on any atom is -0.258 e. The van der Waals surface area contributed by atoms with E-state index in [1.807, 2.05) is 11.5 Å². The Morgan fingerprint density at radius 3 is 2.69 bits per heavy atom. The summed E-state index contributed by atoms with van der Waals surface area (Å²) < 4.78 is 0. The first kappa shape index (κ1) is 12.0. The first-order valence-corrected chi connectivity index (χ1v) is 5.23. The van der Waals surface area contributed by atoms with Crippen LogP contribution in [0.5, 0.6) is 0 Å². The van der Waals surface area contributed by atoms with Gasteiger partial charge in [-0.25, -0.2) is 0 Å². The lowest BCUT2D eigenvalue weighted by molar-refractivity contribution is -0.385. The minimum atomic E-state index is -0.578. The molecule has 0 spiro atoms. The van der Waals surface area contributed by atoms with Crippen LogP contribution in [0.3, 0.4) is 0 Å². The molecule has 0 saturated carbocycles. The molecule has 0 N–H and O–H groups in total. The van der Waals surface area contributed by atoms with E-state index in [9.17, 15) is 10.1 Å². The fourth-order valence-corrected chi connectivity index (χ4v) is 1.68. The summed E-state index contributed by atoms with van der Waals surface area (Å²) >= 11 is 0.813. The highest BCUT2D eigenvalue weighted by molar-refractivity contribution is 8.04. The number of nitro benzene ring substituents is 1. The van der Waals surface area contributed by atoms with Crippen LogP contribution in [-0.2, 0) is 6.42 Å². The zero-order valence-electron chi connectivity index (χ0n) is 8.16. The smallest absolute Gasteiger partial charge is 0.258 e. The van der Waals surface area contributed by atoms with E-state index in [1.54, 1.807) is 18.2 Å². The van der Waals surface area contributed by atoms with Gasteiger partial charge in [0.15, 0.2) is 0 Å². The Morgan fingerprint density at radius 1 is 1.44 bits per heavy atom. The molecule has 0 aromatic heterocycles. The Morgan fingerprint density at radius 2 is 2.12 bits per heavy atom. The molecule has 0 radical (unpaired) electrons. The SMILES string of the molecule is N#CSC(C#N)Cc1ccccc1[N+](=O)[O-]. The van der Waals surface area contributed by atoms with Crippen molar-refractivity contribution in [2.75, 3.05) is 0 Å². The second kappa shape index (κ2) is 5.74. The predicted octanol–water partition coefficient (Wildman–Crippen LogP) is 2.24. The summed E-state index contributed by atoms with van der Waals surface area (Å²) in [6.45, 7) is 0. The van der Waals surface area contributed by atoms with Gasteiger partial charge in [-0.2, -0.15) is 10.5 Å². The van der Waals surface area contributed by atoms with Gasteiger partial charge in [0.1, 0.15) is 10.7 Å². The van der Waals surface area contributed by atoms with Gasteiger partial charge in [-0.1, -0.05) is 18.2 Å². The number of thiocyanates is 1. The lowest BCUT2D eigenvalue weighted by Gasteiger charge is -2.04. The third kappa shape index (κ3) is 2.97. The van der Waals surface area contributed by atoms with Gasteiger partial charge < -0.3 is 0 Å². The molecule has 0 aliphatic carbocycles. The third-order valence-electron chi connectivity index (χ3n) is 1.93. The van der Waals surface area contributed by atoms with Crippen LogP contribution >= 0.6 is 11.8 Å². The maximum atomic E-state index is 10.7. The van der Waals surface area contributed by atoms with Crippen molar-refractivity contribution in [1.82, 2.24) is 0 Å². The maximum Gasteiger partial charge on any atom is 0.272 e. The van der Waals surface area contributed by atoms with E-state index in [0.29, 0.717) is 5.56 Å². The molecular weight excluding hydrogens is 226 g/mol. The van der Waals surface area contributed by atoms with Gasteiger partial charge in [0, 0.05) is 18.1 Å². The molecule has 0 aliphatic heterocycles. The van der Waals surface area contributed by atoms with Crippen LogP contribution in [-0.4, -0.2) is 10.2 Å². The fraction of sp³-hybridized carbons (Fsp3) is 0.200. The van der Waals surface area contributed by atoms with E-state index in [4.69, 9.17) is 10.5 Å². The zero-order valence-corrected chi connectivity index (χ0v) is 8.98. The van der Waals surface area contributed by atoms with Gasteiger partial charge in [0.05, 0.1) is 11.0 Å². The number of nitrogens with zero attached hydrogens (tertiary/aromatic N) is 3. The predicted molar refractivity (Wildman–Crippen MR) is 59.4 cm³/mol. The topological polar surface area (TPSA) is 90.7 Å². The molecule has 0 bridgehead atoms. The Labute approximate surface area is 96.5 Å². The summed E-state index contributed by atoms with van der Waals surface area (Å²) in [5.74, 6) is 0. The molecule has 16 heavy (non-hydrogen) atoms. The molecule has 0 aliphatic rings. The Hall–Kier alpha value is -2.05. The number of para-hydroxylation sites is 1. The van der Waals surface area contributed by atoms with E-state index >= 15 is 0 Å². The summed E-state index contributed by atoms with van der Waals surface area (Å²) in [6, 6.07) is 8.17. The van der Waals surface area contributed by atoms with Crippen molar-refractivity contribution < 1.29 is 4.92 Å². The lowest BCUT2D eigenvalue weighted by atomic mass is 10.1. The molecule has 1 aromatic rings. The van der Waals surface area contributed by atoms with Gasteiger partial charge in [0.25, 0.3) is 5.69 Å². The number of nitro groups is 1. The number of thioether (sulfide) groups is 1. The molecule has 6 heteroatoms. The van der Waals surface area contributed by atoms with Gasteiger partial charge in [-0.05, 0) is 11.8 Å². The Bertz CT molecular complexity index is 476. The van der Waals surface area contributed by atoms with Crippen molar-refractivity contribution in [3.8, 4) is 11.5 Å². The molecule has 0 amide bonds. The van der Waals surface area contributed by atoms with Crippen LogP contribution in [0.25, 0.3) is 0 Å². The number of rotatable bonds is 4. The molecule has 1 atom stereocenters. The monoisotopic (exact) mass is 233 g/mol. The molecule has 5 nitrogen and oxygen atoms in total. The van der Waals surface area contributed by atoms with E-state index in [1.165, 1.54) is 6.07 Å². The lowest BCUT2D eigenvalue weighted by Crippen LogP contribution is -2.05. The Kier molecular flexibility index (Phi) is 4.31. The van der Waals surface area contributed by atoms with Crippen molar-refractivity contribution in [2.45, 2.75) is 11.7 Å². The number of hydrogen-bond acceptors (Lipinski definition) is 5. The van der Waals surface area contributed by atoms with Gasteiger partial charge >= 0.3 is 0 Å². The molecule has 0 fully saturated rings. The van der Waals surface area contributed by atoms with Crippen LogP contribution in [0.2, 0.25) is 0 Å². The van der Waals surface area contributed by atoms with Gasteiger partial charge in [0.2, 0.25) is 0 Å². The molecule has 80 valence electrons. The Balaban J connectivity index is 2.93. The fourth-order valence-electron chi connectivity index (χ4n) is 1.24. The van der Waals surface area contributed by atoms with Crippen molar-refractivity contribution in [2.24, 2.45) is 0 Å². The van der Waals surface area contributed by atoms with Crippen LogP contribution < -0.4 is 0 Å². The van der Waals surface area contributed by atoms with Crippen LogP contribution in [0.4, 0.5) is 5.69 Å². The minimum absolute atomic E-state index is 0.0127. The summed E-state index contributed by atoms with van der Waals surface area (Å²) in [5.41, 5.74) is 0.461. The van der Waals surface area contributed by atoms with Gasteiger partial charge in [-0.15, -0.1) is 0 Å². The summed E-state index contributed by atoms with van der Waals surface area (Å²) in [4.78, 5) is 10.2. The summed E-state index contributed by atoms with van der Waals surface area (Å²) in [6.07, 6.45) is 0.200. The first-order chi connectivity index (χ1) is 7.69. The largest absolute Gasteiger partial charge is 0.272 e. The van der Waals surface area contributed by atoms with E-state index in [-0.39, 0.29) is 12.1 Å². The number of nitriles is 2. The van der Waals surface area contributed by atoms with Crippen molar-refractivity contribution in [3.05, 3.63) is 39.9 Å². The van der Waals surface area contributed by atoms with Crippen LogP contribution in [0.15, 0.2) is 24.3 Å². The third-order valence-corrected chi connectivity index (χ3v) is 2.59.